The van der Waals surface area contributed by atoms with Crippen LogP contribution in [-0.4, -0.2) is 23.5 Å². The van der Waals surface area contributed by atoms with Crippen molar-refractivity contribution in [1.29, 1.82) is 0 Å². The summed E-state index contributed by atoms with van der Waals surface area (Å²) in [5, 5.41) is 13.7. The lowest BCUT2D eigenvalue weighted by Gasteiger charge is -2.15. The Bertz CT molecular complexity index is 741. The van der Waals surface area contributed by atoms with Gasteiger partial charge in [0.2, 0.25) is 0 Å². The van der Waals surface area contributed by atoms with Crippen molar-refractivity contribution in [3.05, 3.63) is 69.3 Å². The van der Waals surface area contributed by atoms with Gasteiger partial charge in [-0.1, -0.05) is 23.8 Å². The first-order chi connectivity index (χ1) is 11.4. The van der Waals surface area contributed by atoms with Gasteiger partial charge < -0.3 is 10.1 Å². The van der Waals surface area contributed by atoms with Crippen LogP contribution in [-0.2, 0) is 0 Å². The van der Waals surface area contributed by atoms with Crippen LogP contribution in [0.2, 0.25) is 0 Å². The number of hydrogen-bond acceptors (Lipinski definition) is 4. The fraction of sp³-hybridized carbons (Fsp3) is 0.278. The molecule has 0 aliphatic heterocycles. The molecule has 0 unspecified atom stereocenters. The molecule has 0 aliphatic rings. The van der Waals surface area contributed by atoms with Gasteiger partial charge in [0.15, 0.2) is 0 Å². The van der Waals surface area contributed by atoms with Gasteiger partial charge in [-0.05, 0) is 39.0 Å². The second-order valence-electron chi connectivity index (χ2n) is 5.76. The largest absolute Gasteiger partial charge is 0.491 e. The summed E-state index contributed by atoms with van der Waals surface area (Å²) in [6, 6.07) is 11.8. The van der Waals surface area contributed by atoms with Gasteiger partial charge in [0.25, 0.3) is 11.6 Å². The number of ether oxygens (including phenoxy) is 1. The highest BCUT2D eigenvalue weighted by molar-refractivity contribution is 5.95. The van der Waals surface area contributed by atoms with Crippen LogP contribution in [0.5, 0.6) is 5.75 Å². The number of nitrogens with zero attached hydrogens (tertiary/aromatic N) is 1. The Balaban J connectivity index is 1.95. The van der Waals surface area contributed by atoms with E-state index in [-0.39, 0.29) is 23.2 Å². The van der Waals surface area contributed by atoms with Gasteiger partial charge in [0, 0.05) is 17.2 Å². The molecule has 0 bridgehead atoms. The highest BCUT2D eigenvalue weighted by Gasteiger charge is 2.16. The normalized spacial score (nSPS) is 11.6. The van der Waals surface area contributed by atoms with Crippen LogP contribution in [0.3, 0.4) is 0 Å². The number of hydrogen-bond donors (Lipinski definition) is 1. The smallest absolute Gasteiger partial charge is 0.273 e. The van der Waals surface area contributed by atoms with Crippen LogP contribution in [0.1, 0.15) is 28.4 Å². The SMILES string of the molecule is Cc1ccc(OC[C@@H](C)NC(=O)c2ccc(C)c([N+](=O)[O-])c2)cc1. The van der Waals surface area contributed by atoms with Crippen molar-refractivity contribution in [2.75, 3.05) is 6.61 Å². The van der Waals surface area contributed by atoms with Crippen molar-refractivity contribution < 1.29 is 14.5 Å². The third-order valence-electron chi connectivity index (χ3n) is 3.57. The monoisotopic (exact) mass is 328 g/mol. The van der Waals surface area contributed by atoms with E-state index in [9.17, 15) is 14.9 Å². The Morgan fingerprint density at radius 1 is 1.21 bits per heavy atom. The van der Waals surface area contributed by atoms with E-state index >= 15 is 0 Å². The lowest BCUT2D eigenvalue weighted by molar-refractivity contribution is -0.385. The number of nitrogens with one attached hydrogen (secondary N) is 1. The van der Waals surface area contributed by atoms with Crippen LogP contribution in [0.4, 0.5) is 5.69 Å². The first-order valence-electron chi connectivity index (χ1n) is 7.62. The number of aryl methyl sites for hydroxylation is 2. The highest BCUT2D eigenvalue weighted by atomic mass is 16.6. The van der Waals surface area contributed by atoms with Crippen LogP contribution in [0.25, 0.3) is 0 Å². The molecule has 0 radical (unpaired) electrons. The zero-order valence-corrected chi connectivity index (χ0v) is 13.9. The van der Waals surface area contributed by atoms with Crippen molar-refractivity contribution in [3.8, 4) is 5.75 Å². The number of carbonyl (C=O) groups excluding carboxylic acids is 1. The molecule has 6 heteroatoms. The quantitative estimate of drug-likeness (QED) is 0.651. The molecule has 1 amide bonds. The first kappa shape index (κ1) is 17.5. The number of amides is 1. The van der Waals surface area contributed by atoms with Crippen molar-refractivity contribution in [1.82, 2.24) is 5.32 Å². The maximum Gasteiger partial charge on any atom is 0.273 e. The van der Waals surface area contributed by atoms with Crippen LogP contribution >= 0.6 is 0 Å². The van der Waals surface area contributed by atoms with E-state index in [1.54, 1.807) is 19.1 Å². The molecule has 0 saturated carbocycles. The van der Waals surface area contributed by atoms with Gasteiger partial charge in [0.05, 0.1) is 11.0 Å². The van der Waals surface area contributed by atoms with Crippen molar-refractivity contribution in [2.45, 2.75) is 26.8 Å². The minimum Gasteiger partial charge on any atom is -0.491 e. The Morgan fingerprint density at radius 3 is 2.50 bits per heavy atom. The molecule has 1 atom stereocenters. The van der Waals surface area contributed by atoms with E-state index in [1.807, 2.05) is 38.1 Å². The minimum atomic E-state index is -0.490. The summed E-state index contributed by atoms with van der Waals surface area (Å²) in [6.45, 7) is 5.75. The molecule has 2 aromatic carbocycles. The number of carbonyl (C=O) groups is 1. The van der Waals surface area contributed by atoms with Crippen LogP contribution in [0, 0.1) is 24.0 Å². The number of benzene rings is 2. The molecule has 0 aliphatic carbocycles. The van der Waals surface area contributed by atoms with E-state index < -0.39 is 4.92 Å². The third kappa shape index (κ3) is 4.55. The summed E-state index contributed by atoms with van der Waals surface area (Å²) < 4.78 is 5.62. The first-order valence-corrected chi connectivity index (χ1v) is 7.62. The Labute approximate surface area is 140 Å². The fourth-order valence-electron chi connectivity index (χ4n) is 2.15. The standard InChI is InChI=1S/C18H20N2O4/c1-12-4-8-16(9-5-12)24-11-14(3)19-18(21)15-7-6-13(2)17(10-15)20(22)23/h4-10,14H,11H2,1-3H3,(H,19,21)/t14-/m1/s1. The summed E-state index contributed by atoms with van der Waals surface area (Å²) >= 11 is 0. The van der Waals surface area contributed by atoms with Gasteiger partial charge in [-0.25, -0.2) is 0 Å². The highest BCUT2D eigenvalue weighted by Crippen LogP contribution is 2.19. The second kappa shape index (κ2) is 7.59. The van der Waals surface area contributed by atoms with Crippen molar-refractivity contribution in [2.24, 2.45) is 0 Å². The molecule has 2 aromatic rings. The van der Waals surface area contributed by atoms with Crippen molar-refractivity contribution >= 4 is 11.6 Å². The third-order valence-corrected chi connectivity index (χ3v) is 3.57. The van der Waals surface area contributed by atoms with Gasteiger partial charge in [0.1, 0.15) is 12.4 Å². The zero-order valence-electron chi connectivity index (χ0n) is 13.9. The maximum atomic E-state index is 12.2. The summed E-state index contributed by atoms with van der Waals surface area (Å²) in [5.41, 5.74) is 1.86. The Morgan fingerprint density at radius 2 is 1.88 bits per heavy atom. The van der Waals surface area contributed by atoms with E-state index in [4.69, 9.17) is 4.74 Å². The minimum absolute atomic E-state index is 0.0637. The van der Waals surface area contributed by atoms with E-state index in [2.05, 4.69) is 5.32 Å². The fourth-order valence-corrected chi connectivity index (χ4v) is 2.15. The molecule has 0 spiro atoms. The molecule has 0 heterocycles. The van der Waals surface area contributed by atoms with E-state index in [1.165, 1.54) is 6.07 Å². The average Bonchev–Trinajstić information content (AvgIpc) is 2.54. The molecular weight excluding hydrogens is 308 g/mol. The van der Waals surface area contributed by atoms with Gasteiger partial charge in [-0.15, -0.1) is 0 Å². The number of rotatable bonds is 6. The van der Waals surface area contributed by atoms with Crippen LogP contribution < -0.4 is 10.1 Å². The molecule has 6 nitrogen and oxygen atoms in total. The summed E-state index contributed by atoms with van der Waals surface area (Å²) in [4.78, 5) is 22.7. The molecule has 126 valence electrons. The number of nitro groups is 1. The lowest BCUT2D eigenvalue weighted by atomic mass is 10.1. The summed E-state index contributed by atoms with van der Waals surface area (Å²) in [6.07, 6.45) is 0. The van der Waals surface area contributed by atoms with Crippen molar-refractivity contribution in [3.63, 3.8) is 0 Å². The van der Waals surface area contributed by atoms with Crippen LogP contribution in [0.15, 0.2) is 42.5 Å². The lowest BCUT2D eigenvalue weighted by Crippen LogP contribution is -2.36. The Kier molecular flexibility index (Phi) is 5.52. The maximum absolute atomic E-state index is 12.2. The topological polar surface area (TPSA) is 81.5 Å². The molecule has 0 aromatic heterocycles. The zero-order chi connectivity index (χ0) is 17.7. The molecule has 24 heavy (non-hydrogen) atoms. The summed E-state index contributed by atoms with van der Waals surface area (Å²) in [7, 11) is 0. The molecule has 0 fully saturated rings. The second-order valence-corrected chi connectivity index (χ2v) is 5.76. The summed E-state index contributed by atoms with van der Waals surface area (Å²) in [5.74, 6) is 0.366. The van der Waals surface area contributed by atoms with Gasteiger partial charge in [-0.3, -0.25) is 14.9 Å². The van der Waals surface area contributed by atoms with Gasteiger partial charge >= 0.3 is 0 Å². The van der Waals surface area contributed by atoms with Gasteiger partial charge in [-0.2, -0.15) is 0 Å². The molecule has 0 saturated heterocycles. The molecule has 1 N–H and O–H groups in total. The average molecular weight is 328 g/mol. The molecular formula is C18H20N2O4. The van der Waals surface area contributed by atoms with E-state index in [0.717, 1.165) is 11.3 Å². The van der Waals surface area contributed by atoms with E-state index in [0.29, 0.717) is 12.2 Å². The number of nitro benzene ring substituents is 1. The Hall–Kier alpha value is -2.89. The molecule has 2 rings (SSSR count). The predicted molar refractivity (Wildman–Crippen MR) is 91.4 cm³/mol. The predicted octanol–water partition coefficient (Wildman–Crippen LogP) is 3.41.